The number of Topliss-reactive ketones (excluding diaryl/α,β-unsaturated/α-hetero) is 1. The van der Waals surface area contributed by atoms with Gasteiger partial charge in [0.1, 0.15) is 0 Å². The van der Waals surface area contributed by atoms with Crippen LogP contribution in [0, 0.1) is 11.3 Å². The van der Waals surface area contributed by atoms with E-state index in [1.165, 1.54) is 11.1 Å². The number of hydrogen-bond acceptors (Lipinski definition) is 5. The molecule has 1 aliphatic rings. The van der Waals surface area contributed by atoms with E-state index in [1.54, 1.807) is 24.3 Å². The number of hydrogen-bond donors (Lipinski definition) is 1. The third-order valence-electron chi connectivity index (χ3n) is 4.64. The lowest BCUT2D eigenvalue weighted by Gasteiger charge is -2.07. The zero-order valence-corrected chi connectivity index (χ0v) is 15.4. The van der Waals surface area contributed by atoms with Crippen molar-refractivity contribution in [3.63, 3.8) is 0 Å². The molecule has 1 aliphatic carbocycles. The van der Waals surface area contributed by atoms with Crippen LogP contribution in [-0.4, -0.2) is 24.3 Å². The first-order chi connectivity index (χ1) is 13.5. The number of esters is 1. The van der Waals surface area contributed by atoms with Crippen LogP contribution in [0.3, 0.4) is 0 Å². The summed E-state index contributed by atoms with van der Waals surface area (Å²) in [7, 11) is 0. The molecular weight excluding hydrogens is 356 g/mol. The van der Waals surface area contributed by atoms with Crippen molar-refractivity contribution in [1.82, 2.24) is 0 Å². The fourth-order valence-electron chi connectivity index (χ4n) is 3.15. The molecule has 0 saturated heterocycles. The van der Waals surface area contributed by atoms with Gasteiger partial charge in [0.25, 0.3) is 5.91 Å². The van der Waals surface area contributed by atoms with E-state index in [0.29, 0.717) is 16.8 Å². The Bertz CT molecular complexity index is 942. The van der Waals surface area contributed by atoms with Crippen molar-refractivity contribution in [3.05, 3.63) is 64.7 Å². The van der Waals surface area contributed by atoms with Crippen LogP contribution in [0.15, 0.2) is 42.5 Å². The van der Waals surface area contributed by atoms with Crippen molar-refractivity contribution in [2.75, 3.05) is 11.9 Å². The average molecular weight is 376 g/mol. The van der Waals surface area contributed by atoms with E-state index >= 15 is 0 Å². The quantitative estimate of drug-likeness (QED) is 0.591. The summed E-state index contributed by atoms with van der Waals surface area (Å²) in [6, 6.07) is 14.0. The van der Waals surface area contributed by atoms with Crippen molar-refractivity contribution in [2.24, 2.45) is 0 Å². The Morgan fingerprint density at radius 2 is 1.75 bits per heavy atom. The molecular formula is C22H20N2O4. The maximum absolute atomic E-state index is 12.3. The first kappa shape index (κ1) is 19.3. The van der Waals surface area contributed by atoms with Gasteiger partial charge in [-0.05, 0) is 60.7 Å². The predicted molar refractivity (Wildman–Crippen MR) is 103 cm³/mol. The van der Waals surface area contributed by atoms with Crippen molar-refractivity contribution < 1.29 is 19.1 Å². The van der Waals surface area contributed by atoms with Gasteiger partial charge in [-0.2, -0.15) is 5.26 Å². The smallest absolute Gasteiger partial charge is 0.306 e. The molecule has 0 saturated carbocycles. The van der Waals surface area contributed by atoms with Gasteiger partial charge in [-0.3, -0.25) is 14.4 Å². The molecule has 0 bridgehead atoms. The van der Waals surface area contributed by atoms with Crippen molar-refractivity contribution >= 4 is 23.3 Å². The van der Waals surface area contributed by atoms with Crippen LogP contribution in [0.1, 0.15) is 46.3 Å². The summed E-state index contributed by atoms with van der Waals surface area (Å²) in [6.45, 7) is -0.425. The third kappa shape index (κ3) is 5.04. The molecule has 1 amide bonds. The van der Waals surface area contributed by atoms with Crippen LogP contribution in [0.25, 0.3) is 0 Å². The van der Waals surface area contributed by atoms with E-state index in [9.17, 15) is 14.4 Å². The summed E-state index contributed by atoms with van der Waals surface area (Å²) < 4.78 is 4.93. The molecule has 6 heteroatoms. The van der Waals surface area contributed by atoms with Crippen LogP contribution in [0.2, 0.25) is 0 Å². The van der Waals surface area contributed by atoms with Gasteiger partial charge in [0.2, 0.25) is 0 Å². The zero-order chi connectivity index (χ0) is 19.9. The van der Waals surface area contributed by atoms with E-state index in [-0.39, 0.29) is 18.6 Å². The number of aryl methyl sites for hydroxylation is 2. The highest BCUT2D eigenvalue weighted by Gasteiger charge is 2.16. The Hall–Kier alpha value is -3.46. The summed E-state index contributed by atoms with van der Waals surface area (Å²) in [6.07, 6.45) is 3.15. The predicted octanol–water partition coefficient (Wildman–Crippen LogP) is 3.19. The third-order valence-corrected chi connectivity index (χ3v) is 4.64. The molecule has 2 aromatic carbocycles. The number of carbonyl (C=O) groups is 3. The summed E-state index contributed by atoms with van der Waals surface area (Å²) >= 11 is 0. The Labute approximate surface area is 163 Å². The molecule has 28 heavy (non-hydrogen) atoms. The molecule has 0 radical (unpaired) electrons. The van der Waals surface area contributed by atoms with E-state index in [4.69, 9.17) is 10.00 Å². The minimum atomic E-state index is -0.593. The number of ether oxygens (including phenoxy) is 1. The second-order valence-electron chi connectivity index (χ2n) is 6.66. The fraction of sp³-hybridized carbons (Fsp3) is 0.273. The number of ketones is 1. The number of carbonyl (C=O) groups excluding carboxylic acids is 3. The van der Waals surface area contributed by atoms with Gasteiger partial charge in [0.05, 0.1) is 18.1 Å². The highest BCUT2D eigenvalue weighted by molar-refractivity contribution is 5.98. The lowest BCUT2D eigenvalue weighted by atomic mass is 10.0. The highest BCUT2D eigenvalue weighted by Crippen LogP contribution is 2.23. The second-order valence-corrected chi connectivity index (χ2v) is 6.66. The topological polar surface area (TPSA) is 96.3 Å². The van der Waals surface area contributed by atoms with Gasteiger partial charge < -0.3 is 10.1 Å². The van der Waals surface area contributed by atoms with E-state index < -0.39 is 18.5 Å². The standard InChI is InChI=1S/C22H20N2O4/c23-13-15-4-8-19(9-5-15)24-21(26)14-28-22(27)11-10-20(25)18-7-6-16-2-1-3-17(16)12-18/h4-9,12H,1-3,10-11,14H2,(H,24,26). The fourth-order valence-corrected chi connectivity index (χ4v) is 3.15. The number of nitriles is 1. The molecule has 0 fully saturated rings. The summed E-state index contributed by atoms with van der Waals surface area (Å²) in [5.41, 5.74) is 4.12. The van der Waals surface area contributed by atoms with E-state index in [0.717, 1.165) is 19.3 Å². The highest BCUT2D eigenvalue weighted by atomic mass is 16.5. The summed E-state index contributed by atoms with van der Waals surface area (Å²) in [5.74, 6) is -1.18. The molecule has 3 rings (SSSR count). The van der Waals surface area contributed by atoms with Gasteiger partial charge in [-0.15, -0.1) is 0 Å². The average Bonchev–Trinajstić information content (AvgIpc) is 3.19. The molecule has 0 aromatic heterocycles. The molecule has 0 heterocycles. The van der Waals surface area contributed by atoms with Crippen LogP contribution in [0.5, 0.6) is 0 Å². The first-order valence-corrected chi connectivity index (χ1v) is 9.16. The Morgan fingerprint density at radius 3 is 2.50 bits per heavy atom. The number of anilines is 1. The maximum atomic E-state index is 12.3. The Balaban J connectivity index is 1.40. The number of nitrogens with one attached hydrogen (secondary N) is 1. The molecule has 0 spiro atoms. The van der Waals surface area contributed by atoms with E-state index in [2.05, 4.69) is 5.32 Å². The van der Waals surface area contributed by atoms with Gasteiger partial charge >= 0.3 is 5.97 Å². The number of amides is 1. The van der Waals surface area contributed by atoms with Crippen molar-refractivity contribution in [2.45, 2.75) is 32.1 Å². The molecule has 6 nitrogen and oxygen atoms in total. The van der Waals surface area contributed by atoms with Gasteiger partial charge in [-0.25, -0.2) is 0 Å². The van der Waals surface area contributed by atoms with Crippen LogP contribution < -0.4 is 5.32 Å². The maximum Gasteiger partial charge on any atom is 0.306 e. The van der Waals surface area contributed by atoms with Gasteiger partial charge in [0, 0.05) is 17.7 Å². The number of nitrogens with zero attached hydrogens (tertiary/aromatic N) is 1. The molecule has 0 unspecified atom stereocenters. The lowest BCUT2D eigenvalue weighted by molar-refractivity contribution is -0.147. The largest absolute Gasteiger partial charge is 0.456 e. The van der Waals surface area contributed by atoms with Gasteiger partial charge in [0.15, 0.2) is 12.4 Å². The number of fused-ring (bicyclic) bond motifs is 1. The first-order valence-electron chi connectivity index (χ1n) is 9.16. The molecule has 1 N–H and O–H groups in total. The number of rotatable bonds is 7. The number of benzene rings is 2. The monoisotopic (exact) mass is 376 g/mol. The molecule has 2 aromatic rings. The second kappa shape index (κ2) is 8.96. The zero-order valence-electron chi connectivity index (χ0n) is 15.4. The van der Waals surface area contributed by atoms with E-state index in [1.807, 2.05) is 24.3 Å². The Morgan fingerprint density at radius 1 is 1.00 bits per heavy atom. The van der Waals surface area contributed by atoms with Crippen molar-refractivity contribution in [3.8, 4) is 6.07 Å². The molecule has 142 valence electrons. The normalized spacial score (nSPS) is 12.0. The molecule has 0 aliphatic heterocycles. The minimum Gasteiger partial charge on any atom is -0.456 e. The van der Waals surface area contributed by atoms with Crippen LogP contribution in [-0.2, 0) is 27.2 Å². The summed E-state index contributed by atoms with van der Waals surface area (Å²) in [5, 5.41) is 11.3. The lowest BCUT2D eigenvalue weighted by Crippen LogP contribution is -2.21. The summed E-state index contributed by atoms with van der Waals surface area (Å²) in [4.78, 5) is 35.9. The van der Waals surface area contributed by atoms with Crippen LogP contribution in [0.4, 0.5) is 5.69 Å². The van der Waals surface area contributed by atoms with Crippen molar-refractivity contribution in [1.29, 1.82) is 5.26 Å². The Kier molecular flexibility index (Phi) is 6.18. The van der Waals surface area contributed by atoms with Gasteiger partial charge in [-0.1, -0.05) is 12.1 Å². The molecule has 0 atom stereocenters. The SMILES string of the molecule is N#Cc1ccc(NC(=O)COC(=O)CCC(=O)c2ccc3c(c2)CCC3)cc1. The van der Waals surface area contributed by atoms with Crippen LogP contribution >= 0.6 is 0 Å². The minimum absolute atomic E-state index is 0.0505.